The molecule has 0 bridgehead atoms. The van der Waals surface area contributed by atoms with Gasteiger partial charge in [-0.2, -0.15) is 4.99 Å². The van der Waals surface area contributed by atoms with E-state index in [2.05, 4.69) is 9.98 Å². The molecule has 1 aliphatic carbocycles. The molecule has 4 heteroatoms. The van der Waals surface area contributed by atoms with Gasteiger partial charge in [0.15, 0.2) is 0 Å². The molecule has 92 valence electrons. The van der Waals surface area contributed by atoms with Crippen LogP contribution in [0.15, 0.2) is 23.2 Å². The Bertz CT molecular complexity index is 664. The van der Waals surface area contributed by atoms with Crippen LogP contribution in [0.4, 0.5) is 0 Å². The number of aromatic nitrogens is 1. The van der Waals surface area contributed by atoms with Crippen LogP contribution in [0.3, 0.4) is 0 Å². The number of aliphatic imine (C=N–C) groups is 1. The molecule has 0 spiro atoms. The van der Waals surface area contributed by atoms with Gasteiger partial charge in [0.05, 0.1) is 10.6 Å². The summed E-state index contributed by atoms with van der Waals surface area (Å²) in [6, 6.07) is 6.00. The molecule has 1 aromatic heterocycles. The predicted molar refractivity (Wildman–Crippen MR) is 71.7 cm³/mol. The van der Waals surface area contributed by atoms with Crippen LogP contribution in [0.5, 0.6) is 0 Å². The molecule has 0 saturated heterocycles. The van der Waals surface area contributed by atoms with Gasteiger partial charge in [0.25, 0.3) is 0 Å². The molecular formula is C14H13ClN2O. The van der Waals surface area contributed by atoms with Crippen molar-refractivity contribution in [3.05, 3.63) is 34.5 Å². The van der Waals surface area contributed by atoms with Gasteiger partial charge in [-0.05, 0) is 43.9 Å². The van der Waals surface area contributed by atoms with Crippen molar-refractivity contribution in [3.8, 4) is 0 Å². The van der Waals surface area contributed by atoms with Crippen LogP contribution in [0.25, 0.3) is 10.9 Å². The van der Waals surface area contributed by atoms with E-state index >= 15 is 0 Å². The first kappa shape index (κ1) is 11.5. The van der Waals surface area contributed by atoms with Crippen LogP contribution in [0.1, 0.15) is 30.5 Å². The summed E-state index contributed by atoms with van der Waals surface area (Å²) in [7, 11) is 0. The minimum Gasteiger partial charge on any atom is -0.359 e. The Balaban J connectivity index is 2.23. The topological polar surface area (TPSA) is 45.2 Å². The minimum atomic E-state index is -0.432. The Kier molecular flexibility index (Phi) is 2.54. The van der Waals surface area contributed by atoms with Crippen molar-refractivity contribution in [1.29, 1.82) is 0 Å². The standard InChI is InChI=1S/C14H13ClN2O/c1-9-7-10-12(17-9)4-3-11(13(10)15)14(16-8-18)5-2-6-14/h3-4,7,17H,2,5-6H2,1H3. The Labute approximate surface area is 110 Å². The average molecular weight is 261 g/mol. The van der Waals surface area contributed by atoms with Gasteiger partial charge in [-0.3, -0.25) is 0 Å². The zero-order chi connectivity index (χ0) is 12.8. The first-order valence-corrected chi connectivity index (χ1v) is 6.41. The summed E-state index contributed by atoms with van der Waals surface area (Å²) in [6.45, 7) is 2.00. The van der Waals surface area contributed by atoms with E-state index in [4.69, 9.17) is 11.6 Å². The first-order chi connectivity index (χ1) is 8.66. The number of benzene rings is 1. The van der Waals surface area contributed by atoms with E-state index in [0.29, 0.717) is 5.02 Å². The summed E-state index contributed by atoms with van der Waals surface area (Å²) in [6.07, 6.45) is 4.52. The zero-order valence-corrected chi connectivity index (χ0v) is 10.8. The van der Waals surface area contributed by atoms with E-state index in [1.165, 1.54) is 0 Å². The van der Waals surface area contributed by atoms with Gasteiger partial charge >= 0.3 is 0 Å². The molecule has 1 N–H and O–H groups in total. The van der Waals surface area contributed by atoms with E-state index in [1.807, 2.05) is 25.1 Å². The number of isocyanates is 1. The summed E-state index contributed by atoms with van der Waals surface area (Å²) in [5, 5.41) is 1.70. The largest absolute Gasteiger partial charge is 0.359 e. The predicted octanol–water partition coefficient (Wildman–Crippen LogP) is 3.84. The van der Waals surface area contributed by atoms with Gasteiger partial charge in [-0.15, -0.1) is 0 Å². The minimum absolute atomic E-state index is 0.432. The fourth-order valence-electron chi connectivity index (χ4n) is 2.71. The molecule has 0 unspecified atom stereocenters. The van der Waals surface area contributed by atoms with Crippen molar-refractivity contribution < 1.29 is 4.79 Å². The van der Waals surface area contributed by atoms with Crippen molar-refractivity contribution in [2.45, 2.75) is 31.7 Å². The third-order valence-electron chi connectivity index (χ3n) is 3.81. The number of nitrogens with zero attached hydrogens (tertiary/aromatic N) is 1. The maximum absolute atomic E-state index is 10.6. The smallest absolute Gasteiger partial charge is 0.235 e. The lowest BCUT2D eigenvalue weighted by Gasteiger charge is -2.37. The average Bonchev–Trinajstić information content (AvgIpc) is 2.67. The van der Waals surface area contributed by atoms with Crippen molar-refractivity contribution in [1.82, 2.24) is 4.98 Å². The van der Waals surface area contributed by atoms with Gasteiger partial charge in [0.2, 0.25) is 6.08 Å². The molecule has 0 aliphatic heterocycles. The SMILES string of the molecule is Cc1cc2c(Cl)c(C3(N=C=O)CCC3)ccc2[nH]1. The zero-order valence-electron chi connectivity index (χ0n) is 10.1. The van der Waals surface area contributed by atoms with E-state index in [1.54, 1.807) is 6.08 Å². The lowest BCUT2D eigenvalue weighted by Crippen LogP contribution is -2.32. The Hall–Kier alpha value is -1.57. The number of fused-ring (bicyclic) bond motifs is 1. The molecule has 1 fully saturated rings. The van der Waals surface area contributed by atoms with Crippen LogP contribution in [0.2, 0.25) is 5.02 Å². The van der Waals surface area contributed by atoms with Gasteiger partial charge in [-0.25, -0.2) is 4.79 Å². The van der Waals surface area contributed by atoms with Gasteiger partial charge < -0.3 is 4.98 Å². The van der Waals surface area contributed by atoms with Crippen LogP contribution in [0, 0.1) is 6.92 Å². The highest BCUT2D eigenvalue weighted by molar-refractivity contribution is 6.36. The third-order valence-corrected chi connectivity index (χ3v) is 4.22. The second-order valence-corrected chi connectivity index (χ2v) is 5.31. The number of carbonyl (C=O) groups excluding carboxylic acids is 1. The summed E-state index contributed by atoms with van der Waals surface area (Å²) in [5.74, 6) is 0. The van der Waals surface area contributed by atoms with E-state index in [0.717, 1.165) is 41.4 Å². The molecule has 2 aromatic rings. The molecule has 1 saturated carbocycles. The number of aryl methyl sites for hydroxylation is 1. The van der Waals surface area contributed by atoms with Gasteiger partial charge in [-0.1, -0.05) is 17.7 Å². The van der Waals surface area contributed by atoms with Crippen molar-refractivity contribution in [2.75, 3.05) is 0 Å². The number of hydrogen-bond donors (Lipinski definition) is 1. The normalized spacial score (nSPS) is 17.2. The van der Waals surface area contributed by atoms with E-state index in [9.17, 15) is 4.79 Å². The van der Waals surface area contributed by atoms with Gasteiger partial charge in [0, 0.05) is 16.6 Å². The van der Waals surface area contributed by atoms with E-state index < -0.39 is 5.54 Å². The number of H-pyrrole nitrogens is 1. The fraction of sp³-hybridized carbons (Fsp3) is 0.357. The van der Waals surface area contributed by atoms with Crippen molar-refractivity contribution in [2.24, 2.45) is 4.99 Å². The van der Waals surface area contributed by atoms with E-state index in [-0.39, 0.29) is 0 Å². The summed E-state index contributed by atoms with van der Waals surface area (Å²) < 4.78 is 0. The van der Waals surface area contributed by atoms with Crippen molar-refractivity contribution in [3.63, 3.8) is 0 Å². The summed E-state index contributed by atoms with van der Waals surface area (Å²) in [4.78, 5) is 17.9. The summed E-state index contributed by atoms with van der Waals surface area (Å²) >= 11 is 6.48. The van der Waals surface area contributed by atoms with Crippen LogP contribution < -0.4 is 0 Å². The number of halogens is 1. The maximum Gasteiger partial charge on any atom is 0.235 e. The molecule has 0 atom stereocenters. The van der Waals surface area contributed by atoms with Crippen molar-refractivity contribution >= 4 is 28.6 Å². The molecule has 1 heterocycles. The quantitative estimate of drug-likeness (QED) is 0.647. The molecular weight excluding hydrogens is 248 g/mol. The molecule has 1 aliphatic rings. The molecule has 1 aromatic carbocycles. The van der Waals surface area contributed by atoms with Crippen LogP contribution in [-0.4, -0.2) is 11.1 Å². The monoisotopic (exact) mass is 260 g/mol. The molecule has 0 radical (unpaired) electrons. The highest BCUT2D eigenvalue weighted by Crippen LogP contribution is 2.48. The molecule has 0 amide bonds. The highest BCUT2D eigenvalue weighted by atomic mass is 35.5. The summed E-state index contributed by atoms with van der Waals surface area (Å²) in [5.41, 5.74) is 2.61. The molecule has 3 nitrogen and oxygen atoms in total. The second kappa shape index (κ2) is 3.98. The molecule has 18 heavy (non-hydrogen) atoms. The number of nitrogens with one attached hydrogen (secondary N) is 1. The lowest BCUT2D eigenvalue weighted by atomic mass is 9.72. The number of hydrogen-bond acceptors (Lipinski definition) is 2. The van der Waals surface area contributed by atoms with Gasteiger partial charge in [0.1, 0.15) is 0 Å². The maximum atomic E-state index is 10.6. The Morgan fingerprint density at radius 3 is 2.83 bits per heavy atom. The number of rotatable bonds is 2. The first-order valence-electron chi connectivity index (χ1n) is 6.04. The number of aromatic amines is 1. The van der Waals surface area contributed by atoms with Crippen LogP contribution >= 0.6 is 11.6 Å². The Morgan fingerprint density at radius 2 is 2.22 bits per heavy atom. The molecule has 3 rings (SSSR count). The second-order valence-electron chi connectivity index (χ2n) is 4.93. The lowest BCUT2D eigenvalue weighted by molar-refractivity contribution is 0.256. The van der Waals surface area contributed by atoms with Crippen LogP contribution in [-0.2, 0) is 10.3 Å². The third kappa shape index (κ3) is 1.52. The Morgan fingerprint density at radius 1 is 1.44 bits per heavy atom. The fourth-order valence-corrected chi connectivity index (χ4v) is 3.10. The highest BCUT2D eigenvalue weighted by Gasteiger charge is 2.40.